The predicted octanol–water partition coefficient (Wildman–Crippen LogP) is 2.71. The molecule has 0 saturated carbocycles. The van der Waals surface area contributed by atoms with E-state index in [0.29, 0.717) is 5.82 Å². The van der Waals surface area contributed by atoms with Gasteiger partial charge in [0.2, 0.25) is 21.7 Å². The molecule has 9 heteroatoms. The highest BCUT2D eigenvalue weighted by Gasteiger charge is 2.24. The van der Waals surface area contributed by atoms with Gasteiger partial charge in [-0.3, -0.25) is 0 Å². The van der Waals surface area contributed by atoms with Crippen LogP contribution in [-0.2, 0) is 16.6 Å². The van der Waals surface area contributed by atoms with Gasteiger partial charge in [-0.05, 0) is 18.2 Å². The second-order valence-corrected chi connectivity index (χ2v) is 7.48. The summed E-state index contributed by atoms with van der Waals surface area (Å²) >= 11 is 0. The van der Waals surface area contributed by atoms with Gasteiger partial charge in [-0.1, -0.05) is 35.5 Å². The van der Waals surface area contributed by atoms with Crippen molar-refractivity contribution >= 4 is 10.0 Å². The summed E-state index contributed by atoms with van der Waals surface area (Å²) in [5.74, 6) is -0.298. The summed E-state index contributed by atoms with van der Waals surface area (Å²) in [6.07, 6.45) is 0. The topological polar surface area (TPSA) is 85.5 Å². The number of methoxy groups -OCH3 is 1. The van der Waals surface area contributed by atoms with E-state index >= 15 is 0 Å². The van der Waals surface area contributed by atoms with Crippen molar-refractivity contribution in [2.24, 2.45) is 0 Å². The van der Waals surface area contributed by atoms with Crippen LogP contribution in [0.1, 0.15) is 5.89 Å². The van der Waals surface area contributed by atoms with Crippen LogP contribution in [0.4, 0.5) is 4.39 Å². The average Bonchev–Trinajstić information content (AvgIpc) is 3.11. The van der Waals surface area contributed by atoms with Gasteiger partial charge in [0, 0.05) is 12.6 Å². The highest BCUT2D eigenvalue weighted by Crippen LogP contribution is 2.23. The number of sulfonamides is 1. The van der Waals surface area contributed by atoms with Crippen LogP contribution < -0.4 is 4.74 Å². The largest absolute Gasteiger partial charge is 0.494 e. The third-order valence-electron chi connectivity index (χ3n) is 3.69. The van der Waals surface area contributed by atoms with Crippen molar-refractivity contribution in [3.8, 4) is 17.1 Å². The quantitative estimate of drug-likeness (QED) is 0.657. The van der Waals surface area contributed by atoms with E-state index in [1.807, 2.05) is 30.3 Å². The summed E-state index contributed by atoms with van der Waals surface area (Å²) < 4.78 is 49.9. The van der Waals surface area contributed by atoms with Gasteiger partial charge in [0.15, 0.2) is 11.6 Å². The van der Waals surface area contributed by atoms with Gasteiger partial charge in [0.25, 0.3) is 0 Å². The summed E-state index contributed by atoms with van der Waals surface area (Å²) in [5.41, 5.74) is 0.755. The van der Waals surface area contributed by atoms with Crippen molar-refractivity contribution in [1.29, 1.82) is 0 Å². The summed E-state index contributed by atoms with van der Waals surface area (Å²) in [4.78, 5) is 4.00. The lowest BCUT2D eigenvalue weighted by Crippen LogP contribution is -2.26. The second-order valence-electron chi connectivity index (χ2n) is 5.44. The lowest BCUT2D eigenvalue weighted by molar-refractivity contribution is 0.336. The SMILES string of the molecule is COc1ccc(S(=O)(=O)N(C)Cc2nc(-c3ccccc3)no2)cc1F. The summed E-state index contributed by atoms with van der Waals surface area (Å²) in [7, 11) is -1.27. The van der Waals surface area contributed by atoms with E-state index in [9.17, 15) is 12.8 Å². The molecule has 0 aliphatic rings. The summed E-state index contributed by atoms with van der Waals surface area (Å²) in [6, 6.07) is 12.6. The molecule has 3 aromatic rings. The first-order chi connectivity index (χ1) is 12.4. The van der Waals surface area contributed by atoms with Crippen LogP contribution in [0.2, 0.25) is 0 Å². The van der Waals surface area contributed by atoms with Gasteiger partial charge >= 0.3 is 0 Å². The molecule has 1 aromatic heterocycles. The maximum Gasteiger partial charge on any atom is 0.243 e. The summed E-state index contributed by atoms with van der Waals surface area (Å²) in [5, 5.41) is 3.85. The van der Waals surface area contributed by atoms with Crippen LogP contribution in [0.5, 0.6) is 5.75 Å². The molecule has 136 valence electrons. The highest BCUT2D eigenvalue weighted by molar-refractivity contribution is 7.89. The number of rotatable bonds is 6. The normalized spacial score (nSPS) is 11.7. The van der Waals surface area contributed by atoms with E-state index in [1.165, 1.54) is 26.3 Å². The van der Waals surface area contributed by atoms with Gasteiger partial charge in [0.05, 0.1) is 18.6 Å². The number of nitrogens with zero attached hydrogens (tertiary/aromatic N) is 3. The zero-order valence-corrected chi connectivity index (χ0v) is 14.9. The number of ether oxygens (including phenoxy) is 1. The van der Waals surface area contributed by atoms with E-state index in [2.05, 4.69) is 10.1 Å². The third kappa shape index (κ3) is 3.58. The molecule has 0 N–H and O–H groups in total. The van der Waals surface area contributed by atoms with Crippen LogP contribution >= 0.6 is 0 Å². The predicted molar refractivity (Wildman–Crippen MR) is 91.3 cm³/mol. The second kappa shape index (κ2) is 7.22. The minimum absolute atomic E-state index is 0.0315. The van der Waals surface area contributed by atoms with E-state index in [1.54, 1.807) is 0 Å². The maximum atomic E-state index is 13.8. The zero-order valence-electron chi connectivity index (χ0n) is 14.1. The first kappa shape index (κ1) is 18.0. The van der Waals surface area contributed by atoms with Crippen LogP contribution in [-0.4, -0.2) is 37.0 Å². The zero-order chi connectivity index (χ0) is 18.7. The molecule has 0 bridgehead atoms. The van der Waals surface area contributed by atoms with Crippen molar-refractivity contribution in [2.75, 3.05) is 14.2 Å². The Kier molecular flexibility index (Phi) is 5.01. The fourth-order valence-corrected chi connectivity index (χ4v) is 3.42. The Labute approximate surface area is 150 Å². The molecule has 0 aliphatic carbocycles. The number of aromatic nitrogens is 2. The van der Waals surface area contributed by atoms with Crippen molar-refractivity contribution in [3.63, 3.8) is 0 Å². The Balaban J connectivity index is 1.80. The first-order valence-corrected chi connectivity index (χ1v) is 9.03. The fraction of sp³-hybridized carbons (Fsp3) is 0.176. The van der Waals surface area contributed by atoms with E-state index in [4.69, 9.17) is 9.26 Å². The lowest BCUT2D eigenvalue weighted by Gasteiger charge is -2.15. The van der Waals surface area contributed by atoms with E-state index in [-0.39, 0.29) is 23.1 Å². The monoisotopic (exact) mass is 377 g/mol. The Morgan fingerprint density at radius 3 is 2.58 bits per heavy atom. The summed E-state index contributed by atoms with van der Waals surface area (Å²) in [6.45, 7) is -0.143. The Morgan fingerprint density at radius 1 is 1.19 bits per heavy atom. The molecule has 26 heavy (non-hydrogen) atoms. The lowest BCUT2D eigenvalue weighted by atomic mass is 10.2. The van der Waals surface area contributed by atoms with Crippen molar-refractivity contribution < 1.29 is 22.1 Å². The standard InChI is InChI=1S/C17H16FN3O4S/c1-21(26(22,23)13-8-9-15(24-2)14(18)10-13)11-16-19-17(20-25-16)12-6-4-3-5-7-12/h3-10H,11H2,1-2H3. The molecule has 0 unspecified atom stereocenters. The van der Waals surface area contributed by atoms with Crippen LogP contribution in [0, 0.1) is 5.82 Å². The van der Waals surface area contributed by atoms with Crippen molar-refractivity contribution in [3.05, 3.63) is 60.2 Å². The van der Waals surface area contributed by atoms with Crippen LogP contribution in [0.3, 0.4) is 0 Å². The Hall–Kier alpha value is -2.78. The molecule has 0 radical (unpaired) electrons. The molecular weight excluding hydrogens is 361 g/mol. The Bertz CT molecular complexity index is 1010. The van der Waals surface area contributed by atoms with Crippen molar-refractivity contribution in [1.82, 2.24) is 14.4 Å². The van der Waals surface area contributed by atoms with E-state index < -0.39 is 15.8 Å². The molecular formula is C17H16FN3O4S. The van der Waals surface area contributed by atoms with Crippen molar-refractivity contribution in [2.45, 2.75) is 11.4 Å². The van der Waals surface area contributed by atoms with Gasteiger partial charge in [0.1, 0.15) is 0 Å². The molecule has 0 saturated heterocycles. The number of hydrogen-bond donors (Lipinski definition) is 0. The number of halogens is 1. The molecule has 0 atom stereocenters. The average molecular weight is 377 g/mol. The fourth-order valence-electron chi connectivity index (χ4n) is 2.29. The van der Waals surface area contributed by atoms with Gasteiger partial charge in [-0.25, -0.2) is 12.8 Å². The van der Waals surface area contributed by atoms with Gasteiger partial charge < -0.3 is 9.26 Å². The van der Waals surface area contributed by atoms with Gasteiger partial charge in [-0.2, -0.15) is 9.29 Å². The minimum Gasteiger partial charge on any atom is -0.494 e. The molecule has 0 spiro atoms. The molecule has 3 rings (SSSR count). The smallest absolute Gasteiger partial charge is 0.243 e. The first-order valence-electron chi connectivity index (χ1n) is 7.59. The molecule has 1 heterocycles. The molecule has 0 amide bonds. The highest BCUT2D eigenvalue weighted by atomic mass is 32.2. The van der Waals surface area contributed by atoms with Crippen LogP contribution in [0.15, 0.2) is 57.9 Å². The Morgan fingerprint density at radius 2 is 1.92 bits per heavy atom. The molecule has 7 nitrogen and oxygen atoms in total. The molecule has 0 fully saturated rings. The third-order valence-corrected chi connectivity index (χ3v) is 5.49. The molecule has 2 aromatic carbocycles. The maximum absolute atomic E-state index is 13.8. The van der Waals surface area contributed by atoms with E-state index in [0.717, 1.165) is 15.9 Å². The van der Waals surface area contributed by atoms with Gasteiger partial charge in [-0.15, -0.1) is 0 Å². The van der Waals surface area contributed by atoms with Crippen LogP contribution in [0.25, 0.3) is 11.4 Å². The number of benzene rings is 2. The molecule has 0 aliphatic heterocycles. The number of hydrogen-bond acceptors (Lipinski definition) is 6. The minimum atomic E-state index is -3.93.